The standard InChI is InChI=1S/C18H23BrN2O2/c1-4-17(14-6-8-15(19)9-7-14)20-18(22)12-21(3)11-16-10-5-13(2)23-16/h5-10,17H,4,11-12H2,1-3H3,(H,20,22)/t17-/m0/s1. The van der Waals surface area contributed by atoms with Crippen LogP contribution < -0.4 is 5.32 Å². The molecular weight excluding hydrogens is 356 g/mol. The topological polar surface area (TPSA) is 45.5 Å². The fourth-order valence-electron chi connectivity index (χ4n) is 2.49. The van der Waals surface area contributed by atoms with E-state index in [2.05, 4.69) is 28.2 Å². The molecule has 0 saturated carbocycles. The van der Waals surface area contributed by atoms with Crippen LogP contribution in [0, 0.1) is 6.92 Å². The van der Waals surface area contributed by atoms with E-state index in [9.17, 15) is 4.79 Å². The zero-order chi connectivity index (χ0) is 16.8. The van der Waals surface area contributed by atoms with E-state index >= 15 is 0 Å². The Morgan fingerprint density at radius 1 is 1.26 bits per heavy atom. The summed E-state index contributed by atoms with van der Waals surface area (Å²) in [7, 11) is 1.91. The molecule has 23 heavy (non-hydrogen) atoms. The van der Waals surface area contributed by atoms with Gasteiger partial charge in [-0.2, -0.15) is 0 Å². The normalized spacial score (nSPS) is 12.4. The third kappa shape index (κ3) is 5.52. The lowest BCUT2D eigenvalue weighted by Gasteiger charge is -2.20. The maximum Gasteiger partial charge on any atom is 0.234 e. The smallest absolute Gasteiger partial charge is 0.234 e. The molecule has 0 fully saturated rings. The highest BCUT2D eigenvalue weighted by Gasteiger charge is 2.14. The van der Waals surface area contributed by atoms with Crippen LogP contribution in [-0.4, -0.2) is 24.4 Å². The van der Waals surface area contributed by atoms with Gasteiger partial charge in [0.25, 0.3) is 0 Å². The predicted octanol–water partition coefficient (Wildman–Crippen LogP) is 4.05. The quantitative estimate of drug-likeness (QED) is 0.790. The molecule has 4 nitrogen and oxygen atoms in total. The monoisotopic (exact) mass is 378 g/mol. The first-order valence-corrected chi connectivity index (χ1v) is 8.56. The summed E-state index contributed by atoms with van der Waals surface area (Å²) >= 11 is 3.43. The number of carbonyl (C=O) groups is 1. The molecule has 1 heterocycles. The first kappa shape index (κ1) is 17.8. The van der Waals surface area contributed by atoms with E-state index in [1.54, 1.807) is 0 Å². The number of likely N-dealkylation sites (N-methyl/N-ethyl adjacent to an activating group) is 1. The van der Waals surface area contributed by atoms with Gasteiger partial charge in [-0.1, -0.05) is 35.0 Å². The molecule has 1 aromatic carbocycles. The van der Waals surface area contributed by atoms with E-state index in [0.717, 1.165) is 28.0 Å². The van der Waals surface area contributed by atoms with Crippen molar-refractivity contribution in [2.24, 2.45) is 0 Å². The molecule has 1 atom stereocenters. The molecule has 1 aromatic heterocycles. The largest absolute Gasteiger partial charge is 0.465 e. The Morgan fingerprint density at radius 3 is 2.52 bits per heavy atom. The second-order valence-electron chi connectivity index (χ2n) is 5.76. The SMILES string of the molecule is CC[C@H](NC(=O)CN(C)Cc1ccc(C)o1)c1ccc(Br)cc1. The van der Waals surface area contributed by atoms with Crippen molar-refractivity contribution in [1.29, 1.82) is 0 Å². The number of carbonyl (C=O) groups excluding carboxylic acids is 1. The van der Waals surface area contributed by atoms with Gasteiger partial charge in [0.05, 0.1) is 19.1 Å². The van der Waals surface area contributed by atoms with Crippen LogP contribution in [0.2, 0.25) is 0 Å². The van der Waals surface area contributed by atoms with Crippen molar-refractivity contribution >= 4 is 21.8 Å². The summed E-state index contributed by atoms with van der Waals surface area (Å²) in [4.78, 5) is 14.2. The Hall–Kier alpha value is -1.59. The minimum Gasteiger partial charge on any atom is -0.465 e. The summed E-state index contributed by atoms with van der Waals surface area (Å²) in [6, 6.07) is 12.0. The average Bonchev–Trinajstić information content (AvgIpc) is 2.90. The minimum atomic E-state index is 0.0190. The summed E-state index contributed by atoms with van der Waals surface area (Å²) in [6.45, 7) is 4.95. The molecule has 0 unspecified atom stereocenters. The molecule has 1 N–H and O–H groups in total. The lowest BCUT2D eigenvalue weighted by Crippen LogP contribution is -2.36. The van der Waals surface area contributed by atoms with Crippen molar-refractivity contribution in [3.05, 3.63) is 58.0 Å². The molecule has 0 bridgehead atoms. The van der Waals surface area contributed by atoms with Crippen molar-refractivity contribution in [1.82, 2.24) is 10.2 Å². The Kier molecular flexibility index (Phi) is 6.42. The van der Waals surface area contributed by atoms with Gasteiger partial charge in [-0.15, -0.1) is 0 Å². The Balaban J connectivity index is 1.88. The number of furan rings is 1. The number of aryl methyl sites for hydroxylation is 1. The van der Waals surface area contributed by atoms with Gasteiger partial charge in [-0.25, -0.2) is 0 Å². The van der Waals surface area contributed by atoms with Crippen molar-refractivity contribution in [3.8, 4) is 0 Å². The summed E-state index contributed by atoms with van der Waals surface area (Å²) in [5.74, 6) is 1.78. The molecule has 2 rings (SSSR count). The molecule has 0 radical (unpaired) electrons. The second-order valence-corrected chi connectivity index (χ2v) is 6.68. The molecule has 124 valence electrons. The van der Waals surface area contributed by atoms with Gasteiger partial charge < -0.3 is 9.73 Å². The van der Waals surface area contributed by atoms with Gasteiger partial charge in [0.1, 0.15) is 11.5 Å². The maximum absolute atomic E-state index is 12.3. The molecule has 5 heteroatoms. The van der Waals surface area contributed by atoms with Gasteiger partial charge in [0.15, 0.2) is 0 Å². The molecule has 0 spiro atoms. The summed E-state index contributed by atoms with van der Waals surface area (Å²) in [5.41, 5.74) is 1.12. The van der Waals surface area contributed by atoms with Crippen molar-refractivity contribution < 1.29 is 9.21 Å². The van der Waals surface area contributed by atoms with E-state index in [0.29, 0.717) is 13.1 Å². The van der Waals surface area contributed by atoms with Gasteiger partial charge in [0, 0.05) is 4.47 Å². The fraction of sp³-hybridized carbons (Fsp3) is 0.389. The highest BCUT2D eigenvalue weighted by atomic mass is 79.9. The van der Waals surface area contributed by atoms with Crippen LogP contribution in [0.5, 0.6) is 0 Å². The molecule has 0 aliphatic carbocycles. The third-order valence-electron chi connectivity index (χ3n) is 3.65. The van der Waals surface area contributed by atoms with Gasteiger partial charge in [0.2, 0.25) is 5.91 Å². The van der Waals surface area contributed by atoms with Crippen LogP contribution in [0.25, 0.3) is 0 Å². The number of rotatable bonds is 7. The van der Waals surface area contributed by atoms with Crippen LogP contribution in [0.3, 0.4) is 0 Å². The van der Waals surface area contributed by atoms with E-state index < -0.39 is 0 Å². The van der Waals surface area contributed by atoms with Crippen molar-refractivity contribution in [2.75, 3.05) is 13.6 Å². The molecule has 1 amide bonds. The first-order chi connectivity index (χ1) is 11.0. The van der Waals surface area contributed by atoms with E-state index in [1.807, 2.05) is 55.3 Å². The van der Waals surface area contributed by atoms with Crippen LogP contribution in [-0.2, 0) is 11.3 Å². The zero-order valence-corrected chi connectivity index (χ0v) is 15.4. The van der Waals surface area contributed by atoms with Crippen LogP contribution in [0.4, 0.5) is 0 Å². The van der Waals surface area contributed by atoms with Crippen LogP contribution in [0.1, 0.15) is 36.5 Å². The highest BCUT2D eigenvalue weighted by molar-refractivity contribution is 9.10. The molecule has 0 aliphatic rings. The average molecular weight is 379 g/mol. The lowest BCUT2D eigenvalue weighted by atomic mass is 10.0. The number of halogens is 1. The number of hydrogen-bond donors (Lipinski definition) is 1. The fourth-order valence-corrected chi connectivity index (χ4v) is 2.76. The lowest BCUT2D eigenvalue weighted by molar-refractivity contribution is -0.122. The Labute approximate surface area is 146 Å². The minimum absolute atomic E-state index is 0.0190. The van der Waals surface area contributed by atoms with E-state index in [-0.39, 0.29) is 11.9 Å². The van der Waals surface area contributed by atoms with Crippen molar-refractivity contribution in [3.63, 3.8) is 0 Å². The Morgan fingerprint density at radius 2 is 1.96 bits per heavy atom. The first-order valence-electron chi connectivity index (χ1n) is 7.76. The van der Waals surface area contributed by atoms with Gasteiger partial charge in [-0.3, -0.25) is 9.69 Å². The molecule has 0 aliphatic heterocycles. The summed E-state index contributed by atoms with van der Waals surface area (Å²) < 4.78 is 6.58. The maximum atomic E-state index is 12.3. The third-order valence-corrected chi connectivity index (χ3v) is 4.18. The highest BCUT2D eigenvalue weighted by Crippen LogP contribution is 2.19. The molecule has 2 aromatic rings. The summed E-state index contributed by atoms with van der Waals surface area (Å²) in [6.07, 6.45) is 0.856. The van der Waals surface area contributed by atoms with Crippen molar-refractivity contribution in [2.45, 2.75) is 32.9 Å². The summed E-state index contributed by atoms with van der Waals surface area (Å²) in [5, 5.41) is 3.10. The number of hydrogen-bond acceptors (Lipinski definition) is 3. The predicted molar refractivity (Wildman–Crippen MR) is 95.1 cm³/mol. The molecule has 0 saturated heterocycles. The number of amides is 1. The number of nitrogens with zero attached hydrogens (tertiary/aromatic N) is 1. The second kappa shape index (κ2) is 8.31. The number of nitrogens with one attached hydrogen (secondary N) is 1. The molecular formula is C18H23BrN2O2. The van der Waals surface area contributed by atoms with Crippen LogP contribution >= 0.6 is 15.9 Å². The van der Waals surface area contributed by atoms with E-state index in [4.69, 9.17) is 4.42 Å². The Bertz CT molecular complexity index is 637. The van der Waals surface area contributed by atoms with E-state index in [1.165, 1.54) is 0 Å². The number of benzene rings is 1. The van der Waals surface area contributed by atoms with Gasteiger partial charge >= 0.3 is 0 Å². The van der Waals surface area contributed by atoms with Crippen LogP contribution in [0.15, 0.2) is 45.3 Å². The zero-order valence-electron chi connectivity index (χ0n) is 13.8. The van der Waals surface area contributed by atoms with Gasteiger partial charge in [-0.05, 0) is 50.2 Å².